The van der Waals surface area contributed by atoms with Crippen molar-refractivity contribution in [1.29, 1.82) is 0 Å². The zero-order valence-corrected chi connectivity index (χ0v) is 12.1. The van der Waals surface area contributed by atoms with Gasteiger partial charge < -0.3 is 10.1 Å². The molecule has 0 aliphatic heterocycles. The fraction of sp³-hybridized carbons (Fsp3) is 0.500. The van der Waals surface area contributed by atoms with E-state index in [1.54, 1.807) is 0 Å². The highest BCUT2D eigenvalue weighted by Gasteiger charge is 2.04. The maximum Gasteiger partial charge on any atom is 0.149 e. The number of benzene rings is 1. The molecule has 0 saturated heterocycles. The van der Waals surface area contributed by atoms with E-state index in [1.165, 1.54) is 11.1 Å². The van der Waals surface area contributed by atoms with Gasteiger partial charge in [-0.15, -0.1) is 0 Å². The Morgan fingerprint density at radius 1 is 1.28 bits per heavy atom. The van der Waals surface area contributed by atoms with Crippen LogP contribution in [0.2, 0.25) is 0 Å². The van der Waals surface area contributed by atoms with Crippen molar-refractivity contribution in [2.45, 2.75) is 34.2 Å². The summed E-state index contributed by atoms with van der Waals surface area (Å²) < 4.78 is 5.73. The Hall–Kier alpha value is -1.46. The summed E-state index contributed by atoms with van der Waals surface area (Å²) >= 11 is 0. The molecule has 2 heteroatoms. The van der Waals surface area contributed by atoms with E-state index in [1.807, 2.05) is 13.1 Å². The summed E-state index contributed by atoms with van der Waals surface area (Å²) in [6.45, 7) is 9.62. The Morgan fingerprint density at radius 2 is 2.00 bits per heavy atom. The van der Waals surface area contributed by atoms with Gasteiger partial charge in [-0.05, 0) is 40.8 Å². The Morgan fingerprint density at radius 3 is 2.61 bits per heavy atom. The first-order valence-electron chi connectivity index (χ1n) is 6.29. The smallest absolute Gasteiger partial charge is 0.149 e. The molecule has 0 aliphatic carbocycles. The topological polar surface area (TPSA) is 21.3 Å². The van der Waals surface area contributed by atoms with E-state index in [2.05, 4.69) is 57.0 Å². The van der Waals surface area contributed by atoms with Crippen LogP contribution in [-0.2, 0) is 6.54 Å². The average molecular weight is 245 g/mol. The van der Waals surface area contributed by atoms with Gasteiger partial charge in [0, 0.05) is 17.5 Å². The van der Waals surface area contributed by atoms with E-state index in [0.29, 0.717) is 6.61 Å². The minimum atomic E-state index is 0.0322. The van der Waals surface area contributed by atoms with Crippen molar-refractivity contribution in [1.82, 2.24) is 5.32 Å². The van der Waals surface area contributed by atoms with Crippen molar-refractivity contribution in [3.8, 4) is 17.6 Å². The zero-order chi connectivity index (χ0) is 13.6. The summed E-state index contributed by atoms with van der Waals surface area (Å²) in [6, 6.07) is 6.22. The molecule has 0 atom stereocenters. The molecule has 0 aliphatic rings. The normalized spacial score (nSPS) is 10.7. The Balaban J connectivity index is 2.69. The lowest BCUT2D eigenvalue weighted by molar-refractivity contribution is 0.364. The second-order valence-corrected chi connectivity index (χ2v) is 5.48. The van der Waals surface area contributed by atoms with Crippen LogP contribution < -0.4 is 10.1 Å². The molecular formula is C16H23NO. The van der Waals surface area contributed by atoms with E-state index in [-0.39, 0.29) is 5.41 Å². The summed E-state index contributed by atoms with van der Waals surface area (Å²) in [7, 11) is 1.94. The summed E-state index contributed by atoms with van der Waals surface area (Å²) in [6.07, 6.45) is 0. The van der Waals surface area contributed by atoms with Crippen LogP contribution in [0.5, 0.6) is 5.75 Å². The van der Waals surface area contributed by atoms with Gasteiger partial charge in [-0.3, -0.25) is 0 Å². The van der Waals surface area contributed by atoms with Crippen LogP contribution >= 0.6 is 0 Å². The molecule has 18 heavy (non-hydrogen) atoms. The van der Waals surface area contributed by atoms with Gasteiger partial charge in [0.25, 0.3) is 0 Å². The number of ether oxygens (including phenoxy) is 1. The van der Waals surface area contributed by atoms with Gasteiger partial charge in [0.15, 0.2) is 0 Å². The molecule has 0 unspecified atom stereocenters. The fourth-order valence-corrected chi connectivity index (χ4v) is 1.59. The highest BCUT2D eigenvalue weighted by molar-refractivity contribution is 5.37. The molecule has 0 bridgehead atoms. The standard InChI is InChI=1S/C16H23NO/c1-13-7-8-15(14(11-13)12-17-5)18-10-6-9-16(2,3)4/h7-8,11,17H,10,12H2,1-5H3. The summed E-state index contributed by atoms with van der Waals surface area (Å²) in [5.74, 6) is 7.14. The van der Waals surface area contributed by atoms with E-state index in [4.69, 9.17) is 4.74 Å². The molecule has 0 fully saturated rings. The SMILES string of the molecule is CNCc1cc(C)ccc1OCC#CC(C)(C)C. The molecule has 0 spiro atoms. The van der Waals surface area contributed by atoms with Crippen LogP contribution in [0.1, 0.15) is 31.9 Å². The van der Waals surface area contributed by atoms with E-state index >= 15 is 0 Å². The molecule has 2 nitrogen and oxygen atoms in total. The van der Waals surface area contributed by atoms with Gasteiger partial charge in [-0.1, -0.05) is 29.5 Å². The van der Waals surface area contributed by atoms with E-state index < -0.39 is 0 Å². The maximum atomic E-state index is 5.73. The lowest BCUT2D eigenvalue weighted by atomic mass is 9.98. The van der Waals surface area contributed by atoms with Gasteiger partial charge in [0.2, 0.25) is 0 Å². The van der Waals surface area contributed by atoms with Crippen molar-refractivity contribution < 1.29 is 4.74 Å². The van der Waals surface area contributed by atoms with Gasteiger partial charge in [-0.25, -0.2) is 0 Å². The van der Waals surface area contributed by atoms with Crippen molar-refractivity contribution in [3.05, 3.63) is 29.3 Å². The molecule has 0 amide bonds. The predicted molar refractivity (Wildman–Crippen MR) is 76.7 cm³/mol. The monoisotopic (exact) mass is 245 g/mol. The van der Waals surface area contributed by atoms with Crippen LogP contribution in [0, 0.1) is 24.2 Å². The third-order valence-corrected chi connectivity index (χ3v) is 2.35. The largest absolute Gasteiger partial charge is 0.481 e. The zero-order valence-electron chi connectivity index (χ0n) is 12.1. The van der Waals surface area contributed by atoms with Crippen molar-refractivity contribution in [2.24, 2.45) is 5.41 Å². The fourth-order valence-electron chi connectivity index (χ4n) is 1.59. The molecular weight excluding hydrogens is 222 g/mol. The number of aryl methyl sites for hydroxylation is 1. The second-order valence-electron chi connectivity index (χ2n) is 5.48. The van der Waals surface area contributed by atoms with Crippen LogP contribution in [0.15, 0.2) is 18.2 Å². The number of hydrogen-bond acceptors (Lipinski definition) is 2. The molecule has 1 N–H and O–H groups in total. The van der Waals surface area contributed by atoms with Crippen LogP contribution in [0.25, 0.3) is 0 Å². The minimum Gasteiger partial charge on any atom is -0.481 e. The molecule has 0 aromatic heterocycles. The van der Waals surface area contributed by atoms with Crippen LogP contribution in [0.3, 0.4) is 0 Å². The highest BCUT2D eigenvalue weighted by atomic mass is 16.5. The molecule has 1 aromatic carbocycles. The summed E-state index contributed by atoms with van der Waals surface area (Å²) in [4.78, 5) is 0. The van der Waals surface area contributed by atoms with Crippen LogP contribution in [-0.4, -0.2) is 13.7 Å². The lowest BCUT2D eigenvalue weighted by Crippen LogP contribution is -2.08. The first-order valence-corrected chi connectivity index (χ1v) is 6.29. The Bertz CT molecular complexity index is 446. The number of rotatable bonds is 4. The molecule has 1 rings (SSSR count). The van der Waals surface area contributed by atoms with Crippen molar-refractivity contribution in [2.75, 3.05) is 13.7 Å². The first-order chi connectivity index (χ1) is 8.42. The van der Waals surface area contributed by atoms with E-state index in [9.17, 15) is 0 Å². The summed E-state index contributed by atoms with van der Waals surface area (Å²) in [5, 5.41) is 3.15. The first kappa shape index (κ1) is 14.6. The molecule has 0 radical (unpaired) electrons. The van der Waals surface area contributed by atoms with Gasteiger partial charge in [0.05, 0.1) is 0 Å². The number of hydrogen-bond donors (Lipinski definition) is 1. The quantitative estimate of drug-likeness (QED) is 0.823. The minimum absolute atomic E-state index is 0.0322. The summed E-state index contributed by atoms with van der Waals surface area (Å²) in [5.41, 5.74) is 2.45. The van der Waals surface area contributed by atoms with Gasteiger partial charge in [0.1, 0.15) is 12.4 Å². The van der Waals surface area contributed by atoms with Crippen molar-refractivity contribution in [3.63, 3.8) is 0 Å². The number of nitrogens with one attached hydrogen (secondary N) is 1. The maximum absolute atomic E-state index is 5.73. The van der Waals surface area contributed by atoms with Gasteiger partial charge >= 0.3 is 0 Å². The van der Waals surface area contributed by atoms with E-state index in [0.717, 1.165) is 12.3 Å². The molecule has 98 valence electrons. The predicted octanol–water partition coefficient (Wildman–Crippen LogP) is 3.14. The third kappa shape index (κ3) is 5.25. The highest BCUT2D eigenvalue weighted by Crippen LogP contribution is 2.19. The second kappa shape index (κ2) is 6.47. The third-order valence-electron chi connectivity index (χ3n) is 2.35. The Kier molecular flexibility index (Phi) is 5.25. The Labute approximate surface area is 111 Å². The van der Waals surface area contributed by atoms with Crippen LogP contribution in [0.4, 0.5) is 0 Å². The van der Waals surface area contributed by atoms with Crippen molar-refractivity contribution >= 4 is 0 Å². The van der Waals surface area contributed by atoms with Gasteiger partial charge in [-0.2, -0.15) is 0 Å². The molecule has 0 heterocycles. The molecule has 1 aromatic rings. The average Bonchev–Trinajstić information content (AvgIpc) is 2.26. The molecule has 0 saturated carbocycles. The lowest BCUT2D eigenvalue weighted by Gasteiger charge is -2.11.